The van der Waals surface area contributed by atoms with Crippen molar-refractivity contribution in [3.63, 3.8) is 0 Å². The van der Waals surface area contributed by atoms with Gasteiger partial charge in [0.15, 0.2) is 0 Å². The molecule has 1 aliphatic heterocycles. The number of anilines is 1. The molecular weight excluding hydrogens is 238 g/mol. The first-order valence-electron chi connectivity index (χ1n) is 6.78. The van der Waals surface area contributed by atoms with Gasteiger partial charge in [0, 0.05) is 31.9 Å². The van der Waals surface area contributed by atoms with Gasteiger partial charge in [0.1, 0.15) is 5.82 Å². The topological polar surface area (TPSA) is 45.2 Å². The standard InChI is InChI=1S/C15H21N3O/c1-12(2)9-15(19)17-11-13-5-6-16-14(10-13)18-7-3-4-8-18/h5-6,9-10H,3-4,7-8,11H2,1-2H3,(H,17,19). The molecule has 1 aliphatic rings. The van der Waals surface area contributed by atoms with Gasteiger partial charge in [0.05, 0.1) is 0 Å². The first-order valence-corrected chi connectivity index (χ1v) is 6.78. The summed E-state index contributed by atoms with van der Waals surface area (Å²) in [6.45, 7) is 6.54. The Bertz CT molecular complexity index is 472. The molecule has 102 valence electrons. The SMILES string of the molecule is CC(C)=CC(=O)NCc1ccnc(N2CCCC2)c1. The van der Waals surface area contributed by atoms with Crippen LogP contribution in [0.1, 0.15) is 32.3 Å². The van der Waals surface area contributed by atoms with Crippen molar-refractivity contribution >= 4 is 11.7 Å². The number of nitrogens with zero attached hydrogens (tertiary/aromatic N) is 2. The zero-order chi connectivity index (χ0) is 13.7. The van der Waals surface area contributed by atoms with E-state index in [0.717, 1.165) is 30.0 Å². The minimum atomic E-state index is -0.0421. The molecule has 4 nitrogen and oxygen atoms in total. The Kier molecular flexibility index (Phi) is 4.55. The van der Waals surface area contributed by atoms with Crippen LogP contribution in [0.4, 0.5) is 5.82 Å². The second-order valence-corrected chi connectivity index (χ2v) is 5.16. The number of aromatic nitrogens is 1. The maximum atomic E-state index is 11.6. The fraction of sp³-hybridized carbons (Fsp3) is 0.467. The third-order valence-electron chi connectivity index (χ3n) is 3.13. The van der Waals surface area contributed by atoms with Crippen molar-refractivity contribution in [3.8, 4) is 0 Å². The molecule has 1 amide bonds. The molecule has 2 heterocycles. The van der Waals surface area contributed by atoms with E-state index < -0.39 is 0 Å². The summed E-state index contributed by atoms with van der Waals surface area (Å²) in [7, 11) is 0. The Morgan fingerprint density at radius 2 is 2.16 bits per heavy atom. The van der Waals surface area contributed by atoms with E-state index in [-0.39, 0.29) is 5.91 Å². The largest absolute Gasteiger partial charge is 0.357 e. The number of pyridine rings is 1. The van der Waals surface area contributed by atoms with Gasteiger partial charge in [0.2, 0.25) is 5.91 Å². The summed E-state index contributed by atoms with van der Waals surface area (Å²) in [5.41, 5.74) is 2.09. The number of carbonyl (C=O) groups excluding carboxylic acids is 1. The highest BCUT2D eigenvalue weighted by Gasteiger charge is 2.13. The Morgan fingerprint density at radius 1 is 1.42 bits per heavy atom. The van der Waals surface area contributed by atoms with Crippen LogP contribution >= 0.6 is 0 Å². The van der Waals surface area contributed by atoms with E-state index in [2.05, 4.69) is 21.3 Å². The van der Waals surface area contributed by atoms with Crippen LogP contribution in [0.3, 0.4) is 0 Å². The summed E-state index contributed by atoms with van der Waals surface area (Å²) in [6, 6.07) is 4.01. The Hall–Kier alpha value is -1.84. The van der Waals surface area contributed by atoms with Crippen molar-refractivity contribution in [2.45, 2.75) is 33.2 Å². The zero-order valence-electron chi connectivity index (χ0n) is 11.6. The lowest BCUT2D eigenvalue weighted by molar-refractivity contribution is -0.116. The van der Waals surface area contributed by atoms with E-state index in [1.54, 1.807) is 6.08 Å². The van der Waals surface area contributed by atoms with E-state index >= 15 is 0 Å². The minimum Gasteiger partial charge on any atom is -0.357 e. The zero-order valence-corrected chi connectivity index (χ0v) is 11.6. The van der Waals surface area contributed by atoms with Gasteiger partial charge in [-0.1, -0.05) is 5.57 Å². The smallest absolute Gasteiger partial charge is 0.244 e. The van der Waals surface area contributed by atoms with Gasteiger partial charge in [-0.2, -0.15) is 0 Å². The molecule has 1 aromatic heterocycles. The van der Waals surface area contributed by atoms with Crippen LogP contribution < -0.4 is 10.2 Å². The van der Waals surface area contributed by atoms with Gasteiger partial charge in [-0.15, -0.1) is 0 Å². The van der Waals surface area contributed by atoms with Crippen LogP contribution in [0.2, 0.25) is 0 Å². The molecule has 0 aliphatic carbocycles. The normalized spacial score (nSPS) is 14.3. The van der Waals surface area contributed by atoms with E-state index in [0.29, 0.717) is 6.54 Å². The number of allylic oxidation sites excluding steroid dienone is 1. The molecule has 0 atom stereocenters. The van der Waals surface area contributed by atoms with Gasteiger partial charge < -0.3 is 10.2 Å². The molecule has 1 aromatic rings. The lowest BCUT2D eigenvalue weighted by Gasteiger charge is -2.16. The van der Waals surface area contributed by atoms with Gasteiger partial charge in [-0.25, -0.2) is 4.98 Å². The third-order valence-corrected chi connectivity index (χ3v) is 3.13. The molecule has 0 aromatic carbocycles. The molecule has 0 saturated carbocycles. The fourth-order valence-electron chi connectivity index (χ4n) is 2.19. The van der Waals surface area contributed by atoms with Crippen molar-refractivity contribution in [1.82, 2.24) is 10.3 Å². The van der Waals surface area contributed by atoms with Crippen LogP contribution in [0.15, 0.2) is 30.0 Å². The van der Waals surface area contributed by atoms with Crippen molar-refractivity contribution in [2.24, 2.45) is 0 Å². The highest BCUT2D eigenvalue weighted by atomic mass is 16.1. The predicted molar refractivity (Wildman–Crippen MR) is 77.0 cm³/mol. The van der Waals surface area contributed by atoms with Crippen LogP contribution in [0.5, 0.6) is 0 Å². The number of carbonyl (C=O) groups is 1. The third kappa shape index (κ3) is 4.09. The molecule has 0 radical (unpaired) electrons. The molecule has 0 bridgehead atoms. The molecule has 0 unspecified atom stereocenters. The maximum Gasteiger partial charge on any atom is 0.244 e. The minimum absolute atomic E-state index is 0.0421. The molecule has 1 fully saturated rings. The summed E-state index contributed by atoms with van der Waals surface area (Å²) in [5.74, 6) is 0.978. The fourth-order valence-corrected chi connectivity index (χ4v) is 2.19. The highest BCUT2D eigenvalue weighted by molar-refractivity contribution is 5.87. The Balaban J connectivity index is 1.95. The molecule has 2 rings (SSSR count). The first-order chi connectivity index (χ1) is 9.15. The second kappa shape index (κ2) is 6.36. The average molecular weight is 259 g/mol. The van der Waals surface area contributed by atoms with Crippen LogP contribution in [0.25, 0.3) is 0 Å². The Morgan fingerprint density at radius 3 is 2.84 bits per heavy atom. The first kappa shape index (κ1) is 13.6. The van der Waals surface area contributed by atoms with Gasteiger partial charge in [-0.05, 0) is 44.4 Å². The van der Waals surface area contributed by atoms with Crippen molar-refractivity contribution in [1.29, 1.82) is 0 Å². The monoisotopic (exact) mass is 259 g/mol. The average Bonchev–Trinajstić information content (AvgIpc) is 2.90. The number of nitrogens with one attached hydrogen (secondary N) is 1. The van der Waals surface area contributed by atoms with Crippen molar-refractivity contribution in [3.05, 3.63) is 35.5 Å². The molecule has 1 N–H and O–H groups in total. The second-order valence-electron chi connectivity index (χ2n) is 5.16. The molecular formula is C15H21N3O. The van der Waals surface area contributed by atoms with Crippen molar-refractivity contribution < 1.29 is 4.79 Å². The number of amides is 1. The number of hydrogen-bond donors (Lipinski definition) is 1. The molecule has 1 saturated heterocycles. The summed E-state index contributed by atoms with van der Waals surface area (Å²) in [4.78, 5) is 18.2. The maximum absolute atomic E-state index is 11.6. The van der Waals surface area contributed by atoms with Gasteiger partial charge >= 0.3 is 0 Å². The van der Waals surface area contributed by atoms with Gasteiger partial charge in [-0.3, -0.25) is 4.79 Å². The summed E-state index contributed by atoms with van der Waals surface area (Å²) in [6.07, 6.45) is 5.91. The van der Waals surface area contributed by atoms with Crippen LogP contribution in [-0.2, 0) is 11.3 Å². The van der Waals surface area contributed by atoms with E-state index in [1.165, 1.54) is 12.8 Å². The number of hydrogen-bond acceptors (Lipinski definition) is 3. The summed E-state index contributed by atoms with van der Waals surface area (Å²) < 4.78 is 0. The summed E-state index contributed by atoms with van der Waals surface area (Å²) >= 11 is 0. The molecule has 19 heavy (non-hydrogen) atoms. The van der Waals surface area contributed by atoms with E-state index in [9.17, 15) is 4.79 Å². The van der Waals surface area contributed by atoms with Crippen molar-refractivity contribution in [2.75, 3.05) is 18.0 Å². The highest BCUT2D eigenvalue weighted by Crippen LogP contribution is 2.18. The molecule has 0 spiro atoms. The Labute approximate surface area is 114 Å². The van der Waals surface area contributed by atoms with Gasteiger partial charge in [0.25, 0.3) is 0 Å². The lowest BCUT2D eigenvalue weighted by atomic mass is 10.2. The summed E-state index contributed by atoms with van der Waals surface area (Å²) in [5, 5.41) is 2.89. The predicted octanol–water partition coefficient (Wildman–Crippen LogP) is 2.26. The lowest BCUT2D eigenvalue weighted by Crippen LogP contribution is -2.22. The molecule has 4 heteroatoms. The van der Waals surface area contributed by atoms with E-state index in [1.807, 2.05) is 26.1 Å². The number of rotatable bonds is 4. The van der Waals surface area contributed by atoms with Crippen LogP contribution in [-0.4, -0.2) is 24.0 Å². The van der Waals surface area contributed by atoms with E-state index in [4.69, 9.17) is 0 Å². The van der Waals surface area contributed by atoms with Crippen LogP contribution in [0, 0.1) is 0 Å². The quantitative estimate of drug-likeness (QED) is 0.844.